The van der Waals surface area contributed by atoms with E-state index in [-0.39, 0.29) is 17.7 Å². The Morgan fingerprint density at radius 3 is 2.55 bits per heavy atom. The van der Waals surface area contributed by atoms with E-state index in [1.807, 2.05) is 24.3 Å². The summed E-state index contributed by atoms with van der Waals surface area (Å²) in [5.74, 6) is 0.457. The number of carbonyl (C=O) groups is 2. The summed E-state index contributed by atoms with van der Waals surface area (Å²) in [6.07, 6.45) is 0.975. The summed E-state index contributed by atoms with van der Waals surface area (Å²) in [6, 6.07) is 7.59. The number of likely N-dealkylation sites (tertiary alicyclic amines) is 1. The first kappa shape index (κ1) is 14.5. The number of benzene rings is 1. The molecule has 1 heterocycles. The molecule has 1 aromatic carbocycles. The van der Waals surface area contributed by atoms with E-state index in [1.54, 1.807) is 6.92 Å². The summed E-state index contributed by atoms with van der Waals surface area (Å²) in [5, 5.41) is 0. The third-order valence-corrected chi connectivity index (χ3v) is 3.42. The molecule has 2 N–H and O–H groups in total. The summed E-state index contributed by atoms with van der Waals surface area (Å²) in [6.45, 7) is 3.21. The highest BCUT2D eigenvalue weighted by atomic mass is 16.5. The van der Waals surface area contributed by atoms with Crippen molar-refractivity contribution in [2.75, 3.05) is 13.2 Å². The fourth-order valence-corrected chi connectivity index (χ4v) is 2.22. The van der Waals surface area contributed by atoms with Crippen LogP contribution in [0.1, 0.15) is 25.3 Å². The van der Waals surface area contributed by atoms with Crippen molar-refractivity contribution in [2.45, 2.75) is 26.3 Å². The Morgan fingerprint density at radius 1 is 1.30 bits per heavy atom. The fourth-order valence-electron chi connectivity index (χ4n) is 2.22. The Bertz CT molecular complexity index is 484. The van der Waals surface area contributed by atoms with Crippen LogP contribution < -0.4 is 10.5 Å². The zero-order chi connectivity index (χ0) is 14.5. The smallest absolute Gasteiger partial charge is 0.232 e. The van der Waals surface area contributed by atoms with E-state index in [1.165, 1.54) is 4.90 Å². The van der Waals surface area contributed by atoms with E-state index >= 15 is 0 Å². The maximum atomic E-state index is 11.7. The second-order valence-corrected chi connectivity index (χ2v) is 5.04. The van der Waals surface area contributed by atoms with Gasteiger partial charge in [-0.05, 0) is 24.1 Å². The number of amides is 2. The number of imide groups is 1. The number of carbonyl (C=O) groups excluding carboxylic acids is 2. The molecule has 108 valence electrons. The molecule has 1 unspecified atom stereocenters. The van der Waals surface area contributed by atoms with Crippen molar-refractivity contribution in [1.82, 2.24) is 4.90 Å². The van der Waals surface area contributed by atoms with Crippen LogP contribution in [0.2, 0.25) is 0 Å². The molecular formula is C15H20N2O3. The van der Waals surface area contributed by atoms with Crippen molar-refractivity contribution >= 4 is 11.8 Å². The Balaban J connectivity index is 1.73. The minimum Gasteiger partial charge on any atom is -0.494 e. The normalized spacial score (nSPS) is 18.7. The predicted molar refractivity (Wildman–Crippen MR) is 74.9 cm³/mol. The summed E-state index contributed by atoms with van der Waals surface area (Å²) in [5.41, 5.74) is 6.57. The number of nitrogens with two attached hydrogens (primary N) is 1. The van der Waals surface area contributed by atoms with Gasteiger partial charge in [0.2, 0.25) is 11.8 Å². The number of hydrogen-bond acceptors (Lipinski definition) is 4. The molecule has 1 fully saturated rings. The van der Waals surface area contributed by atoms with E-state index in [0.717, 1.165) is 11.3 Å². The largest absolute Gasteiger partial charge is 0.494 e. The van der Waals surface area contributed by atoms with Gasteiger partial charge < -0.3 is 10.5 Å². The Hall–Kier alpha value is -1.88. The van der Waals surface area contributed by atoms with Gasteiger partial charge in [-0.3, -0.25) is 14.5 Å². The van der Waals surface area contributed by atoms with Crippen LogP contribution in [0.3, 0.4) is 0 Å². The van der Waals surface area contributed by atoms with Gasteiger partial charge in [0.15, 0.2) is 0 Å². The molecular weight excluding hydrogens is 256 g/mol. The SMILES string of the molecule is CC1CC(=O)N(CCCOc2ccc(CN)cc2)C1=O. The van der Waals surface area contributed by atoms with Crippen molar-refractivity contribution < 1.29 is 14.3 Å². The van der Waals surface area contributed by atoms with Gasteiger partial charge in [-0.15, -0.1) is 0 Å². The van der Waals surface area contributed by atoms with E-state index in [2.05, 4.69) is 0 Å². The van der Waals surface area contributed by atoms with Crippen LogP contribution in [0.4, 0.5) is 0 Å². The molecule has 2 amide bonds. The standard InChI is InChI=1S/C15H20N2O3/c1-11-9-14(18)17(15(11)19)7-2-8-20-13-5-3-12(10-16)4-6-13/h3-6,11H,2,7-10,16H2,1H3. The first-order valence-corrected chi connectivity index (χ1v) is 6.88. The summed E-state index contributed by atoms with van der Waals surface area (Å²) < 4.78 is 5.57. The molecule has 1 atom stereocenters. The molecule has 0 bridgehead atoms. The lowest BCUT2D eigenvalue weighted by atomic mass is 10.1. The Labute approximate surface area is 118 Å². The van der Waals surface area contributed by atoms with Crippen LogP contribution in [-0.4, -0.2) is 29.9 Å². The van der Waals surface area contributed by atoms with Gasteiger partial charge in [-0.1, -0.05) is 19.1 Å². The molecule has 0 aromatic heterocycles. The molecule has 5 nitrogen and oxygen atoms in total. The molecule has 0 aliphatic carbocycles. The lowest BCUT2D eigenvalue weighted by Gasteiger charge is -2.14. The van der Waals surface area contributed by atoms with Crippen LogP contribution in [0, 0.1) is 5.92 Å². The molecule has 5 heteroatoms. The number of ether oxygens (including phenoxy) is 1. The van der Waals surface area contributed by atoms with Crippen LogP contribution in [0.15, 0.2) is 24.3 Å². The summed E-state index contributed by atoms with van der Waals surface area (Å²) in [7, 11) is 0. The van der Waals surface area contributed by atoms with Gasteiger partial charge in [0, 0.05) is 25.4 Å². The second kappa shape index (κ2) is 6.52. The zero-order valence-corrected chi connectivity index (χ0v) is 11.7. The number of rotatable bonds is 6. The van der Waals surface area contributed by atoms with E-state index < -0.39 is 0 Å². The van der Waals surface area contributed by atoms with Crippen LogP contribution in [-0.2, 0) is 16.1 Å². The van der Waals surface area contributed by atoms with Gasteiger partial charge in [-0.25, -0.2) is 0 Å². The summed E-state index contributed by atoms with van der Waals surface area (Å²) >= 11 is 0. The molecule has 1 aliphatic heterocycles. The van der Waals surface area contributed by atoms with Gasteiger partial charge in [0.05, 0.1) is 6.61 Å². The third kappa shape index (κ3) is 3.36. The molecule has 2 rings (SSSR count). The maximum absolute atomic E-state index is 11.7. The number of hydrogen-bond donors (Lipinski definition) is 1. The highest BCUT2D eigenvalue weighted by molar-refractivity contribution is 6.03. The number of nitrogens with zero attached hydrogens (tertiary/aromatic N) is 1. The quantitative estimate of drug-likeness (QED) is 0.628. The topological polar surface area (TPSA) is 72.6 Å². The highest BCUT2D eigenvalue weighted by Crippen LogP contribution is 2.19. The first-order valence-electron chi connectivity index (χ1n) is 6.88. The fraction of sp³-hybridized carbons (Fsp3) is 0.467. The van der Waals surface area contributed by atoms with Crippen LogP contribution in [0.5, 0.6) is 5.75 Å². The molecule has 0 radical (unpaired) electrons. The maximum Gasteiger partial charge on any atom is 0.232 e. The molecule has 0 saturated carbocycles. The van der Waals surface area contributed by atoms with Gasteiger partial charge in [0.25, 0.3) is 0 Å². The highest BCUT2D eigenvalue weighted by Gasteiger charge is 2.34. The van der Waals surface area contributed by atoms with Crippen LogP contribution in [0.25, 0.3) is 0 Å². The van der Waals surface area contributed by atoms with Crippen molar-refractivity contribution in [2.24, 2.45) is 11.7 Å². The van der Waals surface area contributed by atoms with Gasteiger partial charge in [-0.2, -0.15) is 0 Å². The monoisotopic (exact) mass is 276 g/mol. The lowest BCUT2D eigenvalue weighted by molar-refractivity contribution is -0.139. The van der Waals surface area contributed by atoms with Crippen molar-refractivity contribution in [1.29, 1.82) is 0 Å². The first-order chi connectivity index (χ1) is 9.61. The van der Waals surface area contributed by atoms with Gasteiger partial charge in [0.1, 0.15) is 5.75 Å². The molecule has 0 spiro atoms. The minimum absolute atomic E-state index is 0.0673. The minimum atomic E-state index is -0.174. The molecule has 1 aliphatic rings. The summed E-state index contributed by atoms with van der Waals surface area (Å²) in [4.78, 5) is 24.6. The average Bonchev–Trinajstić information content (AvgIpc) is 2.70. The molecule has 1 saturated heterocycles. The predicted octanol–water partition coefficient (Wildman–Crippen LogP) is 1.31. The van der Waals surface area contributed by atoms with E-state index in [0.29, 0.717) is 32.5 Å². The van der Waals surface area contributed by atoms with E-state index in [4.69, 9.17) is 10.5 Å². The van der Waals surface area contributed by atoms with Gasteiger partial charge >= 0.3 is 0 Å². The zero-order valence-electron chi connectivity index (χ0n) is 11.7. The Kier molecular flexibility index (Phi) is 4.74. The van der Waals surface area contributed by atoms with Crippen LogP contribution >= 0.6 is 0 Å². The van der Waals surface area contributed by atoms with Crippen molar-refractivity contribution in [3.8, 4) is 5.75 Å². The Morgan fingerprint density at radius 2 is 2.00 bits per heavy atom. The third-order valence-electron chi connectivity index (χ3n) is 3.42. The average molecular weight is 276 g/mol. The van der Waals surface area contributed by atoms with Crippen molar-refractivity contribution in [3.05, 3.63) is 29.8 Å². The second-order valence-electron chi connectivity index (χ2n) is 5.04. The molecule has 1 aromatic rings. The lowest BCUT2D eigenvalue weighted by Crippen LogP contribution is -2.32. The van der Waals surface area contributed by atoms with Crippen molar-refractivity contribution in [3.63, 3.8) is 0 Å². The molecule has 20 heavy (non-hydrogen) atoms. The van der Waals surface area contributed by atoms with E-state index in [9.17, 15) is 9.59 Å².